The number of halogens is 1. The zero-order valence-electron chi connectivity index (χ0n) is 23.4. The van der Waals surface area contributed by atoms with Crippen molar-refractivity contribution in [3.8, 4) is 6.07 Å². The number of benzene rings is 2. The normalized spacial score (nSPS) is 14.8. The van der Waals surface area contributed by atoms with E-state index in [0.29, 0.717) is 27.2 Å². The fraction of sp³-hybridized carbons (Fsp3) is 0.258. The number of nitriles is 1. The minimum atomic E-state index is -1.15. The van der Waals surface area contributed by atoms with Gasteiger partial charge in [-0.1, -0.05) is 48.0 Å². The van der Waals surface area contributed by atoms with E-state index in [1.807, 2.05) is 72.0 Å². The number of fused-ring (bicyclic) bond motifs is 1. The van der Waals surface area contributed by atoms with Crippen LogP contribution in [0.5, 0.6) is 0 Å². The Morgan fingerprint density at radius 3 is 2.44 bits per heavy atom. The van der Waals surface area contributed by atoms with Crippen molar-refractivity contribution < 1.29 is 5.11 Å². The van der Waals surface area contributed by atoms with Crippen LogP contribution in [0.1, 0.15) is 56.5 Å². The number of nitrogens with one attached hydrogen (secondary N) is 4. The Labute approximate surface area is 244 Å². The van der Waals surface area contributed by atoms with Crippen LogP contribution in [0.4, 0.5) is 11.4 Å². The Balaban J connectivity index is 1.60. The molecule has 0 bridgehead atoms. The molecule has 5 rings (SSSR count). The summed E-state index contributed by atoms with van der Waals surface area (Å²) in [5.74, 6) is 0. The van der Waals surface area contributed by atoms with E-state index in [1.165, 1.54) is 6.20 Å². The van der Waals surface area contributed by atoms with Gasteiger partial charge in [-0.05, 0) is 57.0 Å². The Morgan fingerprint density at radius 2 is 1.80 bits per heavy atom. The number of rotatable bonds is 9. The van der Waals surface area contributed by atoms with E-state index in [1.54, 1.807) is 20.0 Å². The van der Waals surface area contributed by atoms with Crippen LogP contribution >= 0.6 is 11.6 Å². The quantitative estimate of drug-likeness (QED) is 0.170. The van der Waals surface area contributed by atoms with E-state index in [9.17, 15) is 10.4 Å². The first-order chi connectivity index (χ1) is 19.7. The van der Waals surface area contributed by atoms with Crippen LogP contribution < -0.4 is 21.6 Å². The summed E-state index contributed by atoms with van der Waals surface area (Å²) in [5, 5.41) is 31.3. The van der Waals surface area contributed by atoms with Crippen LogP contribution in [-0.4, -0.2) is 31.7 Å². The minimum Gasteiger partial charge on any atom is -0.388 e. The summed E-state index contributed by atoms with van der Waals surface area (Å²) in [4.78, 5) is 8.83. The van der Waals surface area contributed by atoms with E-state index in [4.69, 9.17) is 11.6 Å². The number of aromatic nitrogens is 2. The number of hydrogen-bond donors (Lipinski definition) is 5. The first-order valence-corrected chi connectivity index (χ1v) is 13.8. The molecule has 0 saturated carbocycles. The van der Waals surface area contributed by atoms with E-state index >= 15 is 0 Å². The number of pyridine rings is 2. The molecular weight excluding hydrogens is 536 g/mol. The Kier molecular flexibility index (Phi) is 7.99. The van der Waals surface area contributed by atoms with E-state index in [-0.39, 0.29) is 12.1 Å². The monoisotopic (exact) mass is 568 g/mol. The van der Waals surface area contributed by atoms with Gasteiger partial charge < -0.3 is 21.2 Å². The van der Waals surface area contributed by atoms with E-state index in [2.05, 4.69) is 51.5 Å². The van der Waals surface area contributed by atoms with E-state index < -0.39 is 11.6 Å². The molecule has 1 aliphatic heterocycles. The van der Waals surface area contributed by atoms with Gasteiger partial charge in [0.2, 0.25) is 0 Å². The van der Waals surface area contributed by atoms with Gasteiger partial charge in [0.15, 0.2) is 0 Å². The molecule has 0 saturated heterocycles. The van der Waals surface area contributed by atoms with Gasteiger partial charge in [0.25, 0.3) is 0 Å². The van der Waals surface area contributed by atoms with Crippen molar-refractivity contribution in [2.75, 3.05) is 10.6 Å². The van der Waals surface area contributed by atoms with Crippen molar-refractivity contribution in [2.24, 2.45) is 0 Å². The van der Waals surface area contributed by atoms with E-state index in [0.717, 1.165) is 22.5 Å². The van der Waals surface area contributed by atoms with Gasteiger partial charge >= 0.3 is 0 Å². The number of nitrogens with zero attached hydrogens (tertiary/aromatic N) is 4. The van der Waals surface area contributed by atoms with Crippen molar-refractivity contribution >= 4 is 33.9 Å². The van der Waals surface area contributed by atoms with Gasteiger partial charge in [0, 0.05) is 41.9 Å². The predicted octanol–water partition coefficient (Wildman–Crippen LogP) is 5.81. The van der Waals surface area contributed by atoms with Crippen molar-refractivity contribution in [1.29, 1.82) is 5.26 Å². The van der Waals surface area contributed by atoms with Crippen LogP contribution in [-0.2, 0) is 0 Å². The highest BCUT2D eigenvalue weighted by molar-refractivity contribution is 6.35. The zero-order chi connectivity index (χ0) is 29.1. The summed E-state index contributed by atoms with van der Waals surface area (Å²) in [6.45, 7) is 7.66. The first kappa shape index (κ1) is 28.2. The molecule has 0 spiro atoms. The molecule has 2 atom stereocenters. The maximum atomic E-state index is 11.1. The molecule has 10 heteroatoms. The average molecular weight is 569 g/mol. The number of aliphatic hydroxyl groups is 1. The summed E-state index contributed by atoms with van der Waals surface area (Å²) in [7, 11) is 0. The Hall–Kier alpha value is -4.36. The van der Waals surface area contributed by atoms with Crippen molar-refractivity contribution in [3.05, 3.63) is 107 Å². The van der Waals surface area contributed by atoms with Crippen LogP contribution in [0.15, 0.2) is 85.1 Å². The molecule has 210 valence electrons. The lowest BCUT2D eigenvalue weighted by molar-refractivity contribution is 0.0589. The highest BCUT2D eigenvalue weighted by Crippen LogP contribution is 2.38. The summed E-state index contributed by atoms with van der Waals surface area (Å²) >= 11 is 6.80. The topological polar surface area (TPSA) is 121 Å². The lowest BCUT2D eigenvalue weighted by Crippen LogP contribution is -2.41. The van der Waals surface area contributed by atoms with Gasteiger partial charge in [0.1, 0.15) is 6.07 Å². The minimum absolute atomic E-state index is 0.238. The van der Waals surface area contributed by atoms with Crippen LogP contribution in [0, 0.1) is 11.3 Å². The summed E-state index contributed by atoms with van der Waals surface area (Å²) < 4.78 is 0. The molecule has 0 radical (unpaired) electrons. The number of hydrazine groups is 2. The molecule has 9 nitrogen and oxygen atoms in total. The first-order valence-electron chi connectivity index (χ1n) is 13.4. The lowest BCUT2D eigenvalue weighted by atomic mass is 9.91. The SMILES string of the molecule is CC(C)N1C=C([C@@H](Nc2cc(Cl)c3ncc(C#N)c(N[C@@H](c4ccccc4)C(C)(C)O)c3c2)c2cccnc2)NN1. The standard InChI is InChI=1S/C31H33ClN8O/c1-19(2)40-18-26(38-39-40)28(21-11-8-12-34-16-21)36-23-13-24-27(22(15-33)17-35-29(24)25(32)14-23)37-30(31(3,4)41)20-9-6-5-7-10-20/h5-14,16-19,28,30,36,38-39,41H,1-4H3,(H,35,37)/t28-,30-/m0/s1. The third-order valence-electron chi connectivity index (χ3n) is 6.98. The third kappa shape index (κ3) is 6.05. The second-order valence-electron chi connectivity index (χ2n) is 10.8. The smallest absolute Gasteiger partial charge is 0.103 e. The number of anilines is 2. The van der Waals surface area contributed by atoms with Gasteiger partial charge in [-0.3, -0.25) is 15.0 Å². The number of hydrogen-bond acceptors (Lipinski definition) is 9. The Bertz CT molecular complexity index is 1600. The lowest BCUT2D eigenvalue weighted by Gasteiger charge is -2.32. The molecule has 4 aromatic rings. The molecule has 2 aromatic carbocycles. The molecule has 0 amide bonds. The molecule has 5 N–H and O–H groups in total. The molecule has 0 aliphatic carbocycles. The molecule has 0 unspecified atom stereocenters. The molecule has 1 aliphatic rings. The highest BCUT2D eigenvalue weighted by atomic mass is 35.5. The maximum absolute atomic E-state index is 11.1. The van der Waals surface area contributed by atoms with Crippen LogP contribution in [0.25, 0.3) is 10.9 Å². The predicted molar refractivity (Wildman–Crippen MR) is 163 cm³/mol. The third-order valence-corrected chi connectivity index (χ3v) is 7.27. The summed E-state index contributed by atoms with van der Waals surface area (Å²) in [6, 6.07) is 19.0. The largest absolute Gasteiger partial charge is 0.388 e. The second kappa shape index (κ2) is 11.6. The molecule has 41 heavy (non-hydrogen) atoms. The Morgan fingerprint density at radius 1 is 1.05 bits per heavy atom. The second-order valence-corrected chi connectivity index (χ2v) is 11.2. The van der Waals surface area contributed by atoms with Crippen LogP contribution in [0.3, 0.4) is 0 Å². The fourth-order valence-corrected chi connectivity index (χ4v) is 5.13. The highest BCUT2D eigenvalue weighted by Gasteiger charge is 2.30. The average Bonchev–Trinajstić information content (AvgIpc) is 3.45. The van der Waals surface area contributed by atoms with Crippen molar-refractivity contribution in [3.63, 3.8) is 0 Å². The summed E-state index contributed by atoms with van der Waals surface area (Å²) in [6.07, 6.45) is 7.08. The molecule has 2 aromatic heterocycles. The van der Waals surface area contributed by atoms with Crippen LogP contribution in [0.2, 0.25) is 5.02 Å². The van der Waals surface area contributed by atoms with Gasteiger partial charge in [0.05, 0.1) is 45.2 Å². The molecular formula is C31H33ClN8O. The van der Waals surface area contributed by atoms with Crippen molar-refractivity contribution in [1.82, 2.24) is 25.9 Å². The maximum Gasteiger partial charge on any atom is 0.103 e. The zero-order valence-corrected chi connectivity index (χ0v) is 24.1. The molecule has 3 heterocycles. The van der Waals surface area contributed by atoms with Crippen molar-refractivity contribution in [2.45, 2.75) is 51.4 Å². The van der Waals surface area contributed by atoms with Gasteiger partial charge in [-0.25, -0.2) is 0 Å². The fourth-order valence-electron chi connectivity index (χ4n) is 4.86. The van der Waals surface area contributed by atoms with Gasteiger partial charge in [-0.2, -0.15) is 5.26 Å². The van der Waals surface area contributed by atoms with Gasteiger partial charge in [-0.15, -0.1) is 5.53 Å². The summed E-state index contributed by atoms with van der Waals surface area (Å²) in [5.41, 5.74) is 10.2. The molecule has 0 fully saturated rings.